The standard InChI is InChI=1S/C13H13F4N2O/c14-9-2-1-7(3-10(9)15)8-4-11(13(18)20)19(5-8)6-12(16)17/h1-4,8,11-12H,5-6H2,(H2,18,20)/t8-,11?/m0/s1. The minimum atomic E-state index is -2.60. The Morgan fingerprint density at radius 2 is 2.05 bits per heavy atom. The number of likely N-dealkylation sites (tertiary alicyclic amines) is 1. The van der Waals surface area contributed by atoms with E-state index in [2.05, 4.69) is 0 Å². The first-order valence-corrected chi connectivity index (χ1v) is 6.00. The SMILES string of the molecule is NC(=O)C1[CH][C@H](c2ccc(F)c(F)c2)CN1CC(F)F. The van der Waals surface area contributed by atoms with Gasteiger partial charge in [-0.2, -0.15) is 0 Å². The Bertz CT molecular complexity index is 509. The van der Waals surface area contributed by atoms with Crippen LogP contribution in [0.5, 0.6) is 0 Å². The van der Waals surface area contributed by atoms with E-state index >= 15 is 0 Å². The third-order valence-electron chi connectivity index (χ3n) is 3.28. The molecule has 2 atom stereocenters. The molecule has 3 nitrogen and oxygen atoms in total. The normalized spacial score (nSPS) is 23.4. The number of halogens is 4. The van der Waals surface area contributed by atoms with Gasteiger partial charge in [-0.1, -0.05) is 6.07 Å². The van der Waals surface area contributed by atoms with E-state index in [1.165, 1.54) is 17.4 Å². The molecule has 2 N–H and O–H groups in total. The van der Waals surface area contributed by atoms with Crippen molar-refractivity contribution in [2.45, 2.75) is 18.4 Å². The molecule has 0 aromatic heterocycles. The second kappa shape index (κ2) is 5.78. The number of alkyl halides is 2. The Balaban J connectivity index is 2.18. The topological polar surface area (TPSA) is 46.3 Å². The molecule has 1 aliphatic rings. The lowest BCUT2D eigenvalue weighted by Gasteiger charge is -2.20. The summed E-state index contributed by atoms with van der Waals surface area (Å²) < 4.78 is 51.0. The van der Waals surface area contributed by atoms with E-state index < -0.39 is 42.5 Å². The molecular formula is C13H13F4N2O. The maximum Gasteiger partial charge on any atom is 0.251 e. The minimum absolute atomic E-state index is 0.114. The van der Waals surface area contributed by atoms with Gasteiger partial charge < -0.3 is 5.73 Å². The highest BCUT2D eigenvalue weighted by Crippen LogP contribution is 2.31. The van der Waals surface area contributed by atoms with Crippen molar-refractivity contribution in [1.29, 1.82) is 0 Å². The van der Waals surface area contributed by atoms with Gasteiger partial charge in [-0.3, -0.25) is 9.69 Å². The largest absolute Gasteiger partial charge is 0.368 e. The molecule has 1 radical (unpaired) electrons. The zero-order chi connectivity index (χ0) is 14.9. The van der Waals surface area contributed by atoms with Crippen LogP contribution in [0.4, 0.5) is 17.6 Å². The van der Waals surface area contributed by atoms with Gasteiger partial charge in [0.25, 0.3) is 6.43 Å². The van der Waals surface area contributed by atoms with Gasteiger partial charge in [0.2, 0.25) is 5.91 Å². The summed E-state index contributed by atoms with van der Waals surface area (Å²) >= 11 is 0. The summed E-state index contributed by atoms with van der Waals surface area (Å²) in [6.45, 7) is -0.479. The number of rotatable bonds is 4. The predicted molar refractivity (Wildman–Crippen MR) is 64.0 cm³/mol. The van der Waals surface area contributed by atoms with Crippen LogP contribution in [0.15, 0.2) is 18.2 Å². The number of nitrogens with zero attached hydrogens (tertiary/aromatic N) is 1. The molecule has 1 aliphatic heterocycles. The van der Waals surface area contributed by atoms with Gasteiger partial charge in [0.15, 0.2) is 11.6 Å². The molecule has 1 amide bonds. The van der Waals surface area contributed by atoms with Crippen LogP contribution in [-0.2, 0) is 4.79 Å². The van der Waals surface area contributed by atoms with E-state index in [-0.39, 0.29) is 6.54 Å². The van der Waals surface area contributed by atoms with Crippen LogP contribution in [0.2, 0.25) is 0 Å². The molecular weight excluding hydrogens is 276 g/mol. The number of hydrogen-bond acceptors (Lipinski definition) is 2. The molecule has 0 saturated carbocycles. The molecule has 1 unspecified atom stereocenters. The van der Waals surface area contributed by atoms with E-state index in [1.54, 1.807) is 0 Å². The van der Waals surface area contributed by atoms with Crippen LogP contribution >= 0.6 is 0 Å². The van der Waals surface area contributed by atoms with Crippen LogP contribution in [0.1, 0.15) is 11.5 Å². The second-order valence-corrected chi connectivity index (χ2v) is 4.66. The Morgan fingerprint density at radius 1 is 1.35 bits per heavy atom. The average molecular weight is 289 g/mol. The van der Waals surface area contributed by atoms with E-state index in [0.29, 0.717) is 5.56 Å². The van der Waals surface area contributed by atoms with Crippen molar-refractivity contribution < 1.29 is 22.4 Å². The average Bonchev–Trinajstić information content (AvgIpc) is 2.76. The van der Waals surface area contributed by atoms with E-state index in [0.717, 1.165) is 12.1 Å². The van der Waals surface area contributed by atoms with Crippen molar-refractivity contribution in [1.82, 2.24) is 4.90 Å². The summed E-state index contributed by atoms with van der Waals surface area (Å²) in [5.41, 5.74) is 5.59. The van der Waals surface area contributed by atoms with Gasteiger partial charge >= 0.3 is 0 Å². The minimum Gasteiger partial charge on any atom is -0.368 e. The number of primary amides is 1. The first-order chi connectivity index (χ1) is 9.38. The molecule has 7 heteroatoms. The zero-order valence-corrected chi connectivity index (χ0v) is 10.4. The number of amides is 1. The number of carbonyl (C=O) groups is 1. The van der Waals surface area contributed by atoms with Gasteiger partial charge in [-0.05, 0) is 24.1 Å². The molecule has 1 aromatic rings. The quantitative estimate of drug-likeness (QED) is 0.857. The highest BCUT2D eigenvalue weighted by molar-refractivity contribution is 5.82. The third kappa shape index (κ3) is 3.09. The Hall–Kier alpha value is -1.63. The second-order valence-electron chi connectivity index (χ2n) is 4.66. The van der Waals surface area contributed by atoms with Gasteiger partial charge in [0.05, 0.1) is 12.6 Å². The Kier molecular flexibility index (Phi) is 4.27. The highest BCUT2D eigenvalue weighted by Gasteiger charge is 2.37. The van der Waals surface area contributed by atoms with Gasteiger partial charge in [0, 0.05) is 12.5 Å². The van der Waals surface area contributed by atoms with Gasteiger partial charge in [-0.25, -0.2) is 17.6 Å². The van der Waals surface area contributed by atoms with Crippen molar-refractivity contribution in [3.05, 3.63) is 41.8 Å². The van der Waals surface area contributed by atoms with E-state index in [1.807, 2.05) is 0 Å². The molecule has 1 aromatic carbocycles. The fraction of sp³-hybridized carbons (Fsp3) is 0.385. The predicted octanol–water partition coefficient (Wildman–Crippen LogP) is 1.69. The molecule has 109 valence electrons. The molecule has 1 fully saturated rings. The van der Waals surface area contributed by atoms with Crippen LogP contribution in [0.3, 0.4) is 0 Å². The third-order valence-corrected chi connectivity index (χ3v) is 3.28. The lowest BCUT2D eigenvalue weighted by Crippen LogP contribution is -2.42. The first-order valence-electron chi connectivity index (χ1n) is 6.00. The Morgan fingerprint density at radius 3 is 2.60 bits per heavy atom. The lowest BCUT2D eigenvalue weighted by atomic mass is 9.96. The summed E-state index contributed by atoms with van der Waals surface area (Å²) in [5, 5.41) is 0. The Labute approximate surface area is 113 Å². The van der Waals surface area contributed by atoms with Crippen molar-refractivity contribution >= 4 is 5.91 Å². The molecule has 0 spiro atoms. The number of nitrogens with two attached hydrogens (primary N) is 1. The first kappa shape index (κ1) is 14.8. The van der Waals surface area contributed by atoms with E-state index in [4.69, 9.17) is 5.73 Å². The smallest absolute Gasteiger partial charge is 0.251 e. The fourth-order valence-electron chi connectivity index (χ4n) is 2.37. The fourth-order valence-corrected chi connectivity index (χ4v) is 2.37. The maximum atomic E-state index is 13.2. The number of hydrogen-bond donors (Lipinski definition) is 1. The molecule has 0 bridgehead atoms. The van der Waals surface area contributed by atoms with Gasteiger partial charge in [-0.15, -0.1) is 0 Å². The molecule has 0 aliphatic carbocycles. The van der Waals surface area contributed by atoms with Crippen LogP contribution in [-0.4, -0.2) is 36.4 Å². The van der Waals surface area contributed by atoms with Crippen LogP contribution in [0.25, 0.3) is 0 Å². The molecule has 20 heavy (non-hydrogen) atoms. The molecule has 2 rings (SSSR count). The molecule has 1 saturated heterocycles. The number of carbonyl (C=O) groups excluding carboxylic acids is 1. The van der Waals surface area contributed by atoms with Crippen molar-refractivity contribution in [3.8, 4) is 0 Å². The lowest BCUT2D eigenvalue weighted by molar-refractivity contribution is -0.121. The highest BCUT2D eigenvalue weighted by atomic mass is 19.3. The number of benzene rings is 1. The maximum absolute atomic E-state index is 13.2. The van der Waals surface area contributed by atoms with Crippen molar-refractivity contribution in [3.63, 3.8) is 0 Å². The van der Waals surface area contributed by atoms with E-state index in [9.17, 15) is 22.4 Å². The summed E-state index contributed by atoms with van der Waals surface area (Å²) in [5.74, 6) is -3.18. The van der Waals surface area contributed by atoms with Crippen LogP contribution < -0.4 is 5.73 Å². The van der Waals surface area contributed by atoms with Crippen molar-refractivity contribution in [2.24, 2.45) is 5.73 Å². The summed E-state index contributed by atoms with van der Waals surface area (Å²) in [7, 11) is 0. The monoisotopic (exact) mass is 289 g/mol. The zero-order valence-electron chi connectivity index (χ0n) is 10.4. The molecule has 1 heterocycles. The summed E-state index contributed by atoms with van der Waals surface area (Å²) in [6, 6.07) is 2.40. The van der Waals surface area contributed by atoms with Gasteiger partial charge in [0.1, 0.15) is 0 Å². The summed E-state index contributed by atoms with van der Waals surface area (Å²) in [4.78, 5) is 12.5. The van der Waals surface area contributed by atoms with Crippen molar-refractivity contribution in [2.75, 3.05) is 13.1 Å². The van der Waals surface area contributed by atoms with Crippen LogP contribution in [0, 0.1) is 18.1 Å². The summed E-state index contributed by atoms with van der Waals surface area (Å²) in [6.07, 6.45) is -1.12.